The first-order valence-electron chi connectivity index (χ1n) is 9.98. The molecule has 0 spiro atoms. The Labute approximate surface area is 191 Å². The van der Waals surface area contributed by atoms with Crippen LogP contribution < -0.4 is 10.2 Å². The number of thioether (sulfide) groups is 1. The van der Waals surface area contributed by atoms with E-state index in [1.807, 2.05) is 11.2 Å². The lowest BCUT2D eigenvalue weighted by molar-refractivity contribution is -0.133. The van der Waals surface area contributed by atoms with Gasteiger partial charge in [0.15, 0.2) is 0 Å². The molecule has 2 aromatic rings. The largest absolute Gasteiger partial charge is 0.352 e. The van der Waals surface area contributed by atoms with E-state index in [9.17, 15) is 14.9 Å². The van der Waals surface area contributed by atoms with Crippen molar-refractivity contribution in [3.05, 3.63) is 58.7 Å². The molecule has 0 aliphatic carbocycles. The lowest BCUT2D eigenvalue weighted by Crippen LogP contribution is -2.55. The summed E-state index contributed by atoms with van der Waals surface area (Å²) in [7, 11) is 0. The molecule has 3 rings (SSSR count). The van der Waals surface area contributed by atoms with Gasteiger partial charge in [-0.3, -0.25) is 9.59 Å². The van der Waals surface area contributed by atoms with Crippen LogP contribution in [0.15, 0.2) is 42.6 Å². The molecule has 1 aromatic carbocycles. The maximum atomic E-state index is 13.2. The minimum absolute atomic E-state index is 0.101. The third kappa shape index (κ3) is 5.69. The van der Waals surface area contributed by atoms with Crippen LogP contribution in [0.5, 0.6) is 0 Å². The fourth-order valence-electron chi connectivity index (χ4n) is 3.47. The van der Waals surface area contributed by atoms with E-state index in [1.54, 1.807) is 59.3 Å². The molecule has 1 aliphatic rings. The predicted octanol–water partition coefficient (Wildman–Crippen LogP) is 2.81. The second kappa shape index (κ2) is 11.0. The normalized spacial score (nSPS) is 14.6. The van der Waals surface area contributed by atoms with Crippen LogP contribution in [0.3, 0.4) is 0 Å². The van der Waals surface area contributed by atoms with E-state index in [2.05, 4.69) is 16.4 Å². The second-order valence-electron chi connectivity index (χ2n) is 7.09. The van der Waals surface area contributed by atoms with E-state index in [0.717, 1.165) is 5.75 Å². The van der Waals surface area contributed by atoms with E-state index in [-0.39, 0.29) is 11.8 Å². The van der Waals surface area contributed by atoms with Crippen molar-refractivity contribution < 1.29 is 9.59 Å². The average Bonchev–Trinajstić information content (AvgIpc) is 2.81. The van der Waals surface area contributed by atoms with Crippen LogP contribution in [-0.2, 0) is 4.79 Å². The minimum atomic E-state index is -0.618. The van der Waals surface area contributed by atoms with Crippen molar-refractivity contribution in [1.82, 2.24) is 15.2 Å². The fraction of sp³-hybridized carbons (Fsp3) is 0.364. The first kappa shape index (κ1) is 22.9. The van der Waals surface area contributed by atoms with Crippen molar-refractivity contribution >= 4 is 41.0 Å². The molecule has 0 bridgehead atoms. The smallest absolute Gasteiger partial charge is 0.253 e. The molecule has 1 aliphatic heterocycles. The molecular weight excluding hydrogens is 434 g/mol. The summed E-state index contributed by atoms with van der Waals surface area (Å²) in [5.41, 5.74) is 0.877. The number of rotatable bonds is 7. The van der Waals surface area contributed by atoms with Crippen LogP contribution in [0.2, 0.25) is 5.02 Å². The highest BCUT2D eigenvalue weighted by atomic mass is 35.5. The molecule has 1 N–H and O–H groups in total. The molecule has 31 heavy (non-hydrogen) atoms. The number of aromatic nitrogens is 1. The minimum Gasteiger partial charge on any atom is -0.352 e. The number of nitrogens with zero attached hydrogens (tertiary/aromatic N) is 4. The number of carbonyl (C=O) groups excluding carboxylic acids is 2. The van der Waals surface area contributed by atoms with E-state index < -0.39 is 6.04 Å². The zero-order valence-corrected chi connectivity index (χ0v) is 18.8. The van der Waals surface area contributed by atoms with Gasteiger partial charge in [-0.25, -0.2) is 4.98 Å². The number of hydrogen-bond donors (Lipinski definition) is 1. The number of piperazine rings is 1. The lowest BCUT2D eigenvalue weighted by Gasteiger charge is -2.37. The van der Waals surface area contributed by atoms with Crippen molar-refractivity contribution in [2.24, 2.45) is 0 Å². The van der Waals surface area contributed by atoms with Crippen LogP contribution in [0.1, 0.15) is 22.3 Å². The summed E-state index contributed by atoms with van der Waals surface area (Å²) in [6.45, 7) is 2.15. The number of carbonyl (C=O) groups is 2. The van der Waals surface area contributed by atoms with E-state index >= 15 is 0 Å². The molecule has 7 nitrogen and oxygen atoms in total. The molecule has 0 radical (unpaired) electrons. The Kier molecular flexibility index (Phi) is 8.15. The van der Waals surface area contributed by atoms with Gasteiger partial charge in [0, 0.05) is 32.4 Å². The Morgan fingerprint density at radius 2 is 1.97 bits per heavy atom. The summed E-state index contributed by atoms with van der Waals surface area (Å²) in [5.74, 6) is 0.938. The molecule has 1 unspecified atom stereocenters. The number of benzene rings is 1. The fourth-order valence-corrected chi connectivity index (χ4v) is 4.16. The average molecular weight is 458 g/mol. The Morgan fingerprint density at radius 3 is 2.65 bits per heavy atom. The Balaban J connectivity index is 1.66. The van der Waals surface area contributed by atoms with Crippen molar-refractivity contribution in [3.8, 4) is 6.07 Å². The number of amides is 2. The molecule has 2 amide bonds. The van der Waals surface area contributed by atoms with Gasteiger partial charge in [0.25, 0.3) is 5.91 Å². The van der Waals surface area contributed by atoms with Crippen molar-refractivity contribution in [1.29, 1.82) is 5.26 Å². The van der Waals surface area contributed by atoms with Gasteiger partial charge in [-0.15, -0.1) is 0 Å². The topological polar surface area (TPSA) is 89.3 Å². The number of nitrogens with one attached hydrogen (secondary N) is 1. The van der Waals surface area contributed by atoms with Crippen LogP contribution in [-0.4, -0.2) is 65.9 Å². The Morgan fingerprint density at radius 1 is 1.23 bits per heavy atom. The lowest BCUT2D eigenvalue weighted by atomic mass is 10.1. The summed E-state index contributed by atoms with van der Waals surface area (Å²) in [6.07, 6.45) is 4.17. The zero-order chi connectivity index (χ0) is 22.2. The quantitative estimate of drug-likeness (QED) is 0.687. The molecule has 1 atom stereocenters. The van der Waals surface area contributed by atoms with Crippen LogP contribution in [0.25, 0.3) is 0 Å². The molecular formula is C22H24ClN5O2S. The second-order valence-corrected chi connectivity index (χ2v) is 8.48. The van der Waals surface area contributed by atoms with Crippen molar-refractivity contribution in [3.63, 3.8) is 0 Å². The number of anilines is 1. The van der Waals surface area contributed by atoms with Gasteiger partial charge in [-0.05, 0) is 42.7 Å². The maximum Gasteiger partial charge on any atom is 0.253 e. The molecule has 0 saturated carbocycles. The van der Waals surface area contributed by atoms with Crippen LogP contribution in [0.4, 0.5) is 5.82 Å². The number of halogens is 1. The zero-order valence-electron chi connectivity index (χ0n) is 17.3. The van der Waals surface area contributed by atoms with Gasteiger partial charge in [0.05, 0.1) is 16.1 Å². The molecule has 162 valence electrons. The van der Waals surface area contributed by atoms with Gasteiger partial charge < -0.3 is 15.1 Å². The molecule has 1 fully saturated rings. The monoisotopic (exact) mass is 457 g/mol. The standard InChI is InChI=1S/C22H24ClN5O2S/c1-31-14-8-19(26-21(29)17-6-2-3-7-18(17)23)22(30)28-12-10-27(11-13-28)20-16(15-24)5-4-9-25-20/h2-7,9,19H,8,10-14H2,1H3,(H,26,29). The first-order chi connectivity index (χ1) is 15.0. The molecule has 9 heteroatoms. The number of pyridine rings is 1. The van der Waals surface area contributed by atoms with Crippen LogP contribution in [0, 0.1) is 11.3 Å². The third-order valence-corrected chi connectivity index (χ3v) is 6.10. The summed E-state index contributed by atoms with van der Waals surface area (Å²) < 4.78 is 0. The van der Waals surface area contributed by atoms with Crippen LogP contribution >= 0.6 is 23.4 Å². The highest BCUT2D eigenvalue weighted by Gasteiger charge is 2.29. The van der Waals surface area contributed by atoms with Gasteiger partial charge in [0.2, 0.25) is 5.91 Å². The molecule has 1 aromatic heterocycles. The number of hydrogen-bond acceptors (Lipinski definition) is 6. The molecule has 1 saturated heterocycles. The van der Waals surface area contributed by atoms with Crippen molar-refractivity contribution in [2.45, 2.75) is 12.5 Å². The van der Waals surface area contributed by atoms with Gasteiger partial charge in [0.1, 0.15) is 17.9 Å². The molecule has 2 heterocycles. The first-order valence-corrected chi connectivity index (χ1v) is 11.8. The predicted molar refractivity (Wildman–Crippen MR) is 123 cm³/mol. The number of nitriles is 1. The third-order valence-electron chi connectivity index (χ3n) is 5.13. The van der Waals surface area contributed by atoms with Gasteiger partial charge in [-0.1, -0.05) is 23.7 Å². The van der Waals surface area contributed by atoms with Gasteiger partial charge in [-0.2, -0.15) is 17.0 Å². The maximum absolute atomic E-state index is 13.2. The summed E-state index contributed by atoms with van der Waals surface area (Å²) in [4.78, 5) is 34.0. The highest BCUT2D eigenvalue weighted by Crippen LogP contribution is 2.19. The van der Waals surface area contributed by atoms with E-state index in [0.29, 0.717) is 54.6 Å². The van der Waals surface area contributed by atoms with E-state index in [4.69, 9.17) is 11.6 Å². The SMILES string of the molecule is CSCCC(NC(=O)c1ccccc1Cl)C(=O)N1CCN(c2ncccc2C#N)CC1. The summed E-state index contributed by atoms with van der Waals surface area (Å²) >= 11 is 7.77. The van der Waals surface area contributed by atoms with Gasteiger partial charge >= 0.3 is 0 Å². The summed E-state index contributed by atoms with van der Waals surface area (Å²) in [5, 5.41) is 12.5. The van der Waals surface area contributed by atoms with E-state index in [1.165, 1.54) is 0 Å². The summed E-state index contributed by atoms with van der Waals surface area (Å²) in [6, 6.07) is 11.8. The van der Waals surface area contributed by atoms with Crippen molar-refractivity contribution in [2.75, 3.05) is 43.1 Å². The Hall–Kier alpha value is -2.76. The Bertz CT molecular complexity index is 972. The highest BCUT2D eigenvalue weighted by molar-refractivity contribution is 7.98.